The first-order valence-corrected chi connectivity index (χ1v) is 11.5. The molecule has 4 rings (SSSR count). The molecule has 1 saturated carbocycles. The number of fused-ring (bicyclic) bond motifs is 1. The van der Waals surface area contributed by atoms with Gasteiger partial charge >= 0.3 is 0 Å². The van der Waals surface area contributed by atoms with Crippen LogP contribution in [-0.2, 0) is 14.6 Å². The maximum atomic E-state index is 12.1. The molecule has 0 unspecified atom stereocenters. The van der Waals surface area contributed by atoms with E-state index >= 15 is 0 Å². The van der Waals surface area contributed by atoms with Crippen molar-refractivity contribution in [3.05, 3.63) is 27.7 Å². The predicted molar refractivity (Wildman–Crippen MR) is 101 cm³/mol. The second kappa shape index (κ2) is 6.00. The van der Waals surface area contributed by atoms with E-state index in [9.17, 15) is 13.2 Å². The van der Waals surface area contributed by atoms with Crippen molar-refractivity contribution in [2.75, 3.05) is 16.4 Å². The number of thioether (sulfide) groups is 1. The molecule has 24 heavy (non-hydrogen) atoms. The highest BCUT2D eigenvalue weighted by atomic mass is 79.9. The van der Waals surface area contributed by atoms with E-state index in [4.69, 9.17) is 11.6 Å². The van der Waals surface area contributed by atoms with E-state index in [0.29, 0.717) is 15.9 Å². The number of benzene rings is 1. The lowest BCUT2D eigenvalue weighted by Gasteiger charge is -2.25. The Hall–Kier alpha value is -0.570. The van der Waals surface area contributed by atoms with Crippen LogP contribution in [0.15, 0.2) is 27.7 Å². The lowest BCUT2D eigenvalue weighted by atomic mass is 10.2. The number of hydrogen-bond acceptors (Lipinski definition) is 4. The van der Waals surface area contributed by atoms with Crippen LogP contribution >= 0.6 is 39.3 Å². The van der Waals surface area contributed by atoms with E-state index in [1.54, 1.807) is 6.07 Å². The van der Waals surface area contributed by atoms with E-state index in [1.807, 2.05) is 17.0 Å². The van der Waals surface area contributed by atoms with Gasteiger partial charge in [0.25, 0.3) is 5.91 Å². The summed E-state index contributed by atoms with van der Waals surface area (Å²) in [7, 11) is -3.08. The Balaban J connectivity index is 1.76. The van der Waals surface area contributed by atoms with Crippen LogP contribution in [0, 0.1) is 5.92 Å². The van der Waals surface area contributed by atoms with Gasteiger partial charge in [0.2, 0.25) is 0 Å². The van der Waals surface area contributed by atoms with Crippen molar-refractivity contribution in [1.82, 2.24) is 0 Å². The molecule has 1 aliphatic carbocycles. The molecule has 3 aliphatic rings. The Bertz CT molecular complexity index is 854. The van der Waals surface area contributed by atoms with Gasteiger partial charge in [-0.2, -0.15) is 4.99 Å². The van der Waals surface area contributed by atoms with Gasteiger partial charge in [0.05, 0.1) is 28.3 Å². The van der Waals surface area contributed by atoms with Crippen LogP contribution in [0.3, 0.4) is 0 Å². The first kappa shape index (κ1) is 16.9. The zero-order valence-corrected chi connectivity index (χ0v) is 16.5. The summed E-state index contributed by atoms with van der Waals surface area (Å²) in [6.45, 7) is 0. The Kier molecular flexibility index (Phi) is 4.22. The van der Waals surface area contributed by atoms with Crippen LogP contribution in [0.2, 0.25) is 5.02 Å². The van der Waals surface area contributed by atoms with Gasteiger partial charge < -0.3 is 4.90 Å². The monoisotopic (exact) mass is 448 g/mol. The number of rotatable bonds is 2. The number of amides is 1. The van der Waals surface area contributed by atoms with Crippen LogP contribution in [0.4, 0.5) is 5.69 Å². The maximum Gasteiger partial charge on any atom is 0.251 e. The molecular weight excluding hydrogens is 436 g/mol. The average molecular weight is 450 g/mol. The molecule has 1 amide bonds. The standard InChI is InChI=1S/C15H14BrClN2O3S2/c16-9-3-4-11(10(17)5-9)19-12-6-24(21,22)7-13(12)23-15(19)18-14(20)8-1-2-8/h3-5,8,12-13H,1-2,6-7H2/t12-,13+/m0/s1. The second-order valence-corrected chi connectivity index (χ2v) is 11.0. The Morgan fingerprint density at radius 3 is 2.75 bits per heavy atom. The number of carbonyl (C=O) groups excluding carboxylic acids is 1. The van der Waals surface area contributed by atoms with E-state index < -0.39 is 9.84 Å². The SMILES string of the molecule is O=C(N=C1S[C@@H]2CS(=O)(=O)C[C@@H]2N1c1ccc(Br)cc1Cl)C1CC1. The Morgan fingerprint density at radius 2 is 2.08 bits per heavy atom. The van der Waals surface area contributed by atoms with Crippen molar-refractivity contribution < 1.29 is 13.2 Å². The summed E-state index contributed by atoms with van der Waals surface area (Å²) in [6.07, 6.45) is 1.78. The van der Waals surface area contributed by atoms with Crippen LogP contribution in [0.1, 0.15) is 12.8 Å². The van der Waals surface area contributed by atoms with Crippen LogP contribution in [0.25, 0.3) is 0 Å². The summed E-state index contributed by atoms with van der Waals surface area (Å²) in [5, 5.41) is 0.961. The highest BCUT2D eigenvalue weighted by Gasteiger charge is 2.50. The summed E-state index contributed by atoms with van der Waals surface area (Å²) in [5.74, 6) is 0.0974. The van der Waals surface area contributed by atoms with Gasteiger partial charge in [-0.1, -0.05) is 39.3 Å². The largest absolute Gasteiger partial charge is 0.314 e. The van der Waals surface area contributed by atoms with Crippen LogP contribution < -0.4 is 4.90 Å². The fourth-order valence-electron chi connectivity index (χ4n) is 3.04. The molecule has 0 radical (unpaired) electrons. The minimum Gasteiger partial charge on any atom is -0.314 e. The fourth-order valence-corrected chi connectivity index (χ4v) is 7.72. The minimum absolute atomic E-state index is 0.0320. The summed E-state index contributed by atoms with van der Waals surface area (Å²) in [4.78, 5) is 18.3. The van der Waals surface area contributed by atoms with Gasteiger partial charge in [0.1, 0.15) is 0 Å². The van der Waals surface area contributed by atoms with Crippen molar-refractivity contribution in [3.63, 3.8) is 0 Å². The molecule has 5 nitrogen and oxygen atoms in total. The number of sulfone groups is 1. The molecule has 1 aromatic rings. The normalized spacial score (nSPS) is 29.9. The molecular formula is C15H14BrClN2O3S2. The van der Waals surface area contributed by atoms with Gasteiger partial charge in [-0.05, 0) is 31.0 Å². The number of aliphatic imine (C=N–C) groups is 1. The fraction of sp³-hybridized carbons (Fsp3) is 0.467. The molecule has 0 N–H and O–H groups in total. The summed E-state index contributed by atoms with van der Waals surface area (Å²) in [6, 6.07) is 5.21. The number of carbonyl (C=O) groups is 1. The van der Waals surface area contributed by atoms with Crippen molar-refractivity contribution in [3.8, 4) is 0 Å². The molecule has 2 heterocycles. The van der Waals surface area contributed by atoms with Gasteiger partial charge in [0, 0.05) is 15.6 Å². The average Bonchev–Trinajstić information content (AvgIpc) is 3.22. The highest BCUT2D eigenvalue weighted by molar-refractivity contribution is 9.10. The number of nitrogens with zero attached hydrogens (tertiary/aromatic N) is 2. The molecule has 0 bridgehead atoms. The molecule has 2 aliphatic heterocycles. The quantitative estimate of drug-likeness (QED) is 0.694. The molecule has 1 aromatic carbocycles. The van der Waals surface area contributed by atoms with E-state index in [1.165, 1.54) is 11.8 Å². The van der Waals surface area contributed by atoms with Crippen LogP contribution in [-0.4, -0.2) is 42.3 Å². The highest BCUT2D eigenvalue weighted by Crippen LogP contribution is 2.44. The molecule has 128 valence electrons. The number of anilines is 1. The Labute approximate surface area is 157 Å². The van der Waals surface area contributed by atoms with Crippen molar-refractivity contribution in [2.24, 2.45) is 10.9 Å². The third-order valence-electron chi connectivity index (χ3n) is 4.37. The number of hydrogen-bond donors (Lipinski definition) is 0. The first-order valence-electron chi connectivity index (χ1n) is 7.58. The molecule has 0 aromatic heterocycles. The van der Waals surface area contributed by atoms with E-state index in [-0.39, 0.29) is 34.6 Å². The van der Waals surface area contributed by atoms with E-state index in [0.717, 1.165) is 17.3 Å². The van der Waals surface area contributed by atoms with Crippen molar-refractivity contribution >= 4 is 65.9 Å². The molecule has 9 heteroatoms. The summed E-state index contributed by atoms with van der Waals surface area (Å²) >= 11 is 11.1. The number of halogens is 2. The summed E-state index contributed by atoms with van der Waals surface area (Å²) in [5.41, 5.74) is 0.694. The zero-order valence-electron chi connectivity index (χ0n) is 12.5. The topological polar surface area (TPSA) is 66.8 Å². The number of amidine groups is 1. The molecule has 2 atom stereocenters. The summed E-state index contributed by atoms with van der Waals surface area (Å²) < 4.78 is 24.9. The Morgan fingerprint density at radius 1 is 1.33 bits per heavy atom. The van der Waals surface area contributed by atoms with Gasteiger partial charge in [-0.3, -0.25) is 4.79 Å². The zero-order chi connectivity index (χ0) is 17.1. The molecule has 2 saturated heterocycles. The minimum atomic E-state index is -3.08. The predicted octanol–water partition coefficient (Wildman–Crippen LogP) is 3.11. The van der Waals surface area contributed by atoms with Crippen molar-refractivity contribution in [2.45, 2.75) is 24.1 Å². The van der Waals surface area contributed by atoms with Gasteiger partial charge in [-0.25, -0.2) is 8.42 Å². The third-order valence-corrected chi connectivity index (χ3v) is 8.37. The smallest absolute Gasteiger partial charge is 0.251 e. The lowest BCUT2D eigenvalue weighted by molar-refractivity contribution is -0.118. The van der Waals surface area contributed by atoms with Gasteiger partial charge in [-0.15, -0.1) is 0 Å². The van der Waals surface area contributed by atoms with Gasteiger partial charge in [0.15, 0.2) is 15.0 Å². The third kappa shape index (κ3) is 3.13. The first-order chi connectivity index (χ1) is 11.3. The lowest BCUT2D eigenvalue weighted by Crippen LogP contribution is -2.38. The molecule has 3 fully saturated rings. The second-order valence-electron chi connectivity index (χ2n) is 6.27. The molecule has 0 spiro atoms. The van der Waals surface area contributed by atoms with E-state index in [2.05, 4.69) is 20.9 Å². The maximum absolute atomic E-state index is 12.1. The van der Waals surface area contributed by atoms with Crippen molar-refractivity contribution in [1.29, 1.82) is 0 Å². The van der Waals surface area contributed by atoms with Crippen LogP contribution in [0.5, 0.6) is 0 Å².